The molecule has 2 aromatic carbocycles. The molecule has 2 aromatic rings. The number of carbonyl (C=O) groups excluding carboxylic acids is 2. The Morgan fingerprint density at radius 2 is 1.48 bits per heavy atom. The van der Waals surface area contributed by atoms with Gasteiger partial charge in [0.1, 0.15) is 0 Å². The molecule has 178 valence electrons. The summed E-state index contributed by atoms with van der Waals surface area (Å²) < 4.78 is 27.6. The molecule has 1 fully saturated rings. The maximum atomic E-state index is 13.0. The van der Waals surface area contributed by atoms with Crippen LogP contribution in [0, 0.1) is 0 Å². The van der Waals surface area contributed by atoms with Gasteiger partial charge in [0, 0.05) is 49.4 Å². The lowest BCUT2D eigenvalue weighted by atomic mass is 10.1. The van der Waals surface area contributed by atoms with Crippen molar-refractivity contribution in [2.75, 3.05) is 26.2 Å². The second kappa shape index (κ2) is 10.2. The van der Waals surface area contributed by atoms with E-state index in [1.54, 1.807) is 24.3 Å². The monoisotopic (exact) mass is 471 g/mol. The van der Waals surface area contributed by atoms with Crippen molar-refractivity contribution in [3.8, 4) is 0 Å². The molecule has 0 aliphatic carbocycles. The van der Waals surface area contributed by atoms with Crippen LogP contribution in [0.4, 0.5) is 0 Å². The predicted octanol–water partition coefficient (Wildman–Crippen LogP) is 3.31. The van der Waals surface area contributed by atoms with Crippen LogP contribution < -0.4 is 4.72 Å². The van der Waals surface area contributed by atoms with Crippen molar-refractivity contribution >= 4 is 21.7 Å². The second-order valence-corrected chi connectivity index (χ2v) is 11.2. The van der Waals surface area contributed by atoms with Crippen LogP contribution in [-0.2, 0) is 16.6 Å². The standard InChI is InChI=1S/C25H33N3O4S/c1-19(29)21-10-12-23(13-11-21)33(31,32)26-18-20-6-8-22(9-7-20)24(30)27-14-5-15-28(17-16-27)25(2,3)4/h6-13,26H,5,14-18H2,1-4H3. The lowest BCUT2D eigenvalue weighted by Crippen LogP contribution is -2.44. The minimum atomic E-state index is -3.71. The molecule has 0 radical (unpaired) electrons. The molecule has 1 saturated heterocycles. The van der Waals surface area contributed by atoms with Gasteiger partial charge in [0.05, 0.1) is 4.90 Å². The highest BCUT2D eigenvalue weighted by atomic mass is 32.2. The summed E-state index contributed by atoms with van der Waals surface area (Å²) in [5.41, 5.74) is 1.91. The third-order valence-electron chi connectivity index (χ3n) is 5.97. The molecule has 33 heavy (non-hydrogen) atoms. The zero-order chi connectivity index (χ0) is 24.2. The number of carbonyl (C=O) groups is 2. The van der Waals surface area contributed by atoms with E-state index in [1.165, 1.54) is 31.2 Å². The van der Waals surface area contributed by atoms with E-state index in [2.05, 4.69) is 30.4 Å². The number of benzene rings is 2. The number of nitrogens with one attached hydrogen (secondary N) is 1. The Bertz CT molecular complexity index is 1090. The highest BCUT2D eigenvalue weighted by molar-refractivity contribution is 7.89. The van der Waals surface area contributed by atoms with Crippen LogP contribution in [0.2, 0.25) is 0 Å². The summed E-state index contributed by atoms with van der Waals surface area (Å²) in [6.45, 7) is 11.4. The molecule has 0 unspecified atom stereocenters. The van der Waals surface area contributed by atoms with Crippen LogP contribution in [-0.4, -0.2) is 61.6 Å². The normalized spacial score (nSPS) is 15.8. The van der Waals surface area contributed by atoms with Gasteiger partial charge >= 0.3 is 0 Å². The Balaban J connectivity index is 1.59. The molecule has 1 heterocycles. The first-order valence-electron chi connectivity index (χ1n) is 11.2. The van der Waals surface area contributed by atoms with Gasteiger partial charge in [0.25, 0.3) is 5.91 Å². The number of nitrogens with zero attached hydrogens (tertiary/aromatic N) is 2. The summed E-state index contributed by atoms with van der Waals surface area (Å²) in [5, 5.41) is 0. The van der Waals surface area contributed by atoms with Crippen molar-refractivity contribution in [1.82, 2.24) is 14.5 Å². The average molecular weight is 472 g/mol. The molecule has 1 amide bonds. The zero-order valence-electron chi connectivity index (χ0n) is 19.8. The van der Waals surface area contributed by atoms with E-state index in [0.717, 1.165) is 31.6 Å². The van der Waals surface area contributed by atoms with E-state index in [0.29, 0.717) is 17.7 Å². The van der Waals surface area contributed by atoms with Crippen LogP contribution in [0.15, 0.2) is 53.4 Å². The molecule has 0 aromatic heterocycles. The van der Waals surface area contributed by atoms with E-state index >= 15 is 0 Å². The molecule has 0 atom stereocenters. The van der Waals surface area contributed by atoms with Crippen LogP contribution >= 0.6 is 0 Å². The Hall–Kier alpha value is -2.55. The number of Topliss-reactive ketones (excluding diaryl/α,β-unsaturated/α-hetero) is 1. The van der Waals surface area contributed by atoms with E-state index in [9.17, 15) is 18.0 Å². The summed E-state index contributed by atoms with van der Waals surface area (Å²) >= 11 is 0. The first-order valence-corrected chi connectivity index (χ1v) is 12.7. The number of amides is 1. The highest BCUT2D eigenvalue weighted by Gasteiger charge is 2.26. The van der Waals surface area contributed by atoms with Crippen molar-refractivity contribution in [1.29, 1.82) is 0 Å². The first kappa shape index (κ1) is 25.1. The van der Waals surface area contributed by atoms with E-state index in [4.69, 9.17) is 0 Å². The van der Waals surface area contributed by atoms with Gasteiger partial charge in [0.15, 0.2) is 5.78 Å². The molecular formula is C25H33N3O4S. The topological polar surface area (TPSA) is 86.8 Å². The van der Waals surface area contributed by atoms with Crippen LogP contribution in [0.25, 0.3) is 0 Å². The van der Waals surface area contributed by atoms with Crippen LogP contribution in [0.1, 0.15) is 60.4 Å². The molecule has 1 aliphatic rings. The summed E-state index contributed by atoms with van der Waals surface area (Å²) in [4.78, 5) is 28.7. The average Bonchev–Trinajstić information content (AvgIpc) is 3.04. The van der Waals surface area contributed by atoms with Crippen molar-refractivity contribution in [3.63, 3.8) is 0 Å². The predicted molar refractivity (Wildman–Crippen MR) is 129 cm³/mol. The molecule has 0 spiro atoms. The zero-order valence-corrected chi connectivity index (χ0v) is 20.6. The van der Waals surface area contributed by atoms with Gasteiger partial charge in [-0.3, -0.25) is 14.5 Å². The van der Waals surface area contributed by atoms with Gasteiger partial charge in [-0.2, -0.15) is 0 Å². The fourth-order valence-corrected chi connectivity index (χ4v) is 4.89. The summed E-state index contributed by atoms with van der Waals surface area (Å²) in [5.74, 6) is -0.114. The van der Waals surface area contributed by atoms with Crippen molar-refractivity contribution < 1.29 is 18.0 Å². The maximum absolute atomic E-state index is 13.0. The van der Waals surface area contributed by atoms with E-state index in [-0.39, 0.29) is 28.7 Å². The summed E-state index contributed by atoms with van der Waals surface area (Å²) in [6, 6.07) is 12.9. The lowest BCUT2D eigenvalue weighted by Gasteiger charge is -2.34. The second-order valence-electron chi connectivity index (χ2n) is 9.41. The molecule has 1 N–H and O–H groups in total. The van der Waals surface area contributed by atoms with Gasteiger partial charge in [0.2, 0.25) is 10.0 Å². The van der Waals surface area contributed by atoms with Crippen LogP contribution in [0.3, 0.4) is 0 Å². The molecule has 0 saturated carbocycles. The van der Waals surface area contributed by atoms with Gasteiger partial charge in [-0.25, -0.2) is 13.1 Å². The maximum Gasteiger partial charge on any atom is 0.253 e. The Morgan fingerprint density at radius 1 is 0.879 bits per heavy atom. The Kier molecular flexibility index (Phi) is 7.72. The number of sulfonamides is 1. The smallest absolute Gasteiger partial charge is 0.253 e. The van der Waals surface area contributed by atoms with Gasteiger partial charge in [-0.15, -0.1) is 0 Å². The molecule has 3 rings (SSSR count). The number of hydrogen-bond donors (Lipinski definition) is 1. The third-order valence-corrected chi connectivity index (χ3v) is 7.39. The van der Waals surface area contributed by atoms with E-state index in [1.807, 2.05) is 4.90 Å². The van der Waals surface area contributed by atoms with Gasteiger partial charge in [-0.1, -0.05) is 24.3 Å². The van der Waals surface area contributed by atoms with Crippen LogP contribution in [0.5, 0.6) is 0 Å². The van der Waals surface area contributed by atoms with Gasteiger partial charge in [-0.05, 0) is 63.9 Å². The summed E-state index contributed by atoms with van der Waals surface area (Å²) in [6.07, 6.45) is 0.941. The minimum absolute atomic E-state index is 0.00320. The summed E-state index contributed by atoms with van der Waals surface area (Å²) in [7, 11) is -3.71. The number of hydrogen-bond acceptors (Lipinski definition) is 5. The minimum Gasteiger partial charge on any atom is -0.337 e. The van der Waals surface area contributed by atoms with E-state index < -0.39 is 10.0 Å². The van der Waals surface area contributed by atoms with Crippen molar-refractivity contribution in [3.05, 3.63) is 65.2 Å². The fraction of sp³-hybridized carbons (Fsp3) is 0.440. The van der Waals surface area contributed by atoms with Gasteiger partial charge < -0.3 is 4.90 Å². The molecule has 8 heteroatoms. The molecule has 0 bridgehead atoms. The SMILES string of the molecule is CC(=O)c1ccc(S(=O)(=O)NCc2ccc(C(=O)N3CCCN(C(C)(C)C)CC3)cc2)cc1. The number of ketones is 1. The third kappa shape index (κ3) is 6.50. The molecule has 1 aliphatic heterocycles. The highest BCUT2D eigenvalue weighted by Crippen LogP contribution is 2.18. The molecular weight excluding hydrogens is 438 g/mol. The largest absolute Gasteiger partial charge is 0.337 e. The Morgan fingerprint density at radius 3 is 2.06 bits per heavy atom. The quantitative estimate of drug-likeness (QED) is 0.653. The fourth-order valence-electron chi connectivity index (χ4n) is 3.87. The first-order chi connectivity index (χ1) is 15.5. The van der Waals surface area contributed by atoms with Crippen molar-refractivity contribution in [2.45, 2.75) is 51.1 Å². The number of rotatable bonds is 6. The van der Waals surface area contributed by atoms with Crippen molar-refractivity contribution in [2.24, 2.45) is 0 Å². The lowest BCUT2D eigenvalue weighted by molar-refractivity contribution is 0.0749. The Labute approximate surface area is 196 Å². The molecule has 7 nitrogen and oxygen atoms in total.